The van der Waals surface area contributed by atoms with Crippen LogP contribution in [0.4, 0.5) is 0 Å². The van der Waals surface area contributed by atoms with E-state index in [1.54, 1.807) is 0 Å². The first-order valence-electron chi connectivity index (χ1n) is 9.24. The minimum atomic E-state index is -0.0296. The van der Waals surface area contributed by atoms with Gasteiger partial charge >= 0.3 is 0 Å². The molecule has 1 aliphatic rings. The SMILES string of the molecule is CCCCN1CCC(Oc2ccc3c(=O)[nH]cc(CC)c3c2)CC1. The van der Waals surface area contributed by atoms with Crippen LogP contribution in [-0.2, 0) is 6.42 Å². The Bertz CT molecular complexity index is 730. The molecule has 24 heavy (non-hydrogen) atoms. The maximum atomic E-state index is 12.0. The van der Waals surface area contributed by atoms with E-state index in [-0.39, 0.29) is 11.7 Å². The van der Waals surface area contributed by atoms with Gasteiger partial charge in [-0.1, -0.05) is 20.3 Å². The highest BCUT2D eigenvalue weighted by molar-refractivity contribution is 5.85. The number of ether oxygens (including phenoxy) is 1. The Labute approximate surface area is 143 Å². The second-order valence-electron chi connectivity index (χ2n) is 6.72. The van der Waals surface area contributed by atoms with Gasteiger partial charge in [0, 0.05) is 24.7 Å². The van der Waals surface area contributed by atoms with Gasteiger partial charge in [0.1, 0.15) is 11.9 Å². The largest absolute Gasteiger partial charge is 0.490 e. The standard InChI is InChI=1S/C20H28N2O2/c1-3-5-10-22-11-8-16(9-12-22)24-17-6-7-18-19(13-17)15(4-2)14-21-20(18)23/h6-7,13-14,16H,3-5,8-12H2,1-2H3,(H,21,23). The lowest BCUT2D eigenvalue weighted by molar-refractivity contribution is 0.0999. The van der Waals surface area contributed by atoms with Gasteiger partial charge in [-0.05, 0) is 61.4 Å². The van der Waals surface area contributed by atoms with E-state index in [0.717, 1.165) is 54.4 Å². The number of piperidine rings is 1. The normalized spacial score (nSPS) is 16.6. The van der Waals surface area contributed by atoms with E-state index in [1.165, 1.54) is 19.4 Å². The highest BCUT2D eigenvalue weighted by Gasteiger charge is 2.20. The van der Waals surface area contributed by atoms with Crippen molar-refractivity contribution in [2.75, 3.05) is 19.6 Å². The Kier molecular flexibility index (Phi) is 5.56. The number of pyridine rings is 1. The first-order chi connectivity index (χ1) is 11.7. The molecule has 1 N–H and O–H groups in total. The van der Waals surface area contributed by atoms with E-state index in [0.29, 0.717) is 0 Å². The second-order valence-corrected chi connectivity index (χ2v) is 6.72. The maximum absolute atomic E-state index is 12.0. The average Bonchev–Trinajstić information content (AvgIpc) is 2.61. The Morgan fingerprint density at radius 2 is 2.00 bits per heavy atom. The molecule has 0 saturated carbocycles. The molecule has 0 amide bonds. The van der Waals surface area contributed by atoms with Crippen LogP contribution in [0.15, 0.2) is 29.2 Å². The van der Waals surface area contributed by atoms with E-state index < -0.39 is 0 Å². The van der Waals surface area contributed by atoms with Crippen molar-refractivity contribution in [3.05, 3.63) is 40.3 Å². The molecule has 3 rings (SSSR count). The third-order valence-corrected chi connectivity index (χ3v) is 5.01. The number of H-pyrrole nitrogens is 1. The van der Waals surface area contributed by atoms with Crippen molar-refractivity contribution in [2.45, 2.75) is 52.1 Å². The second kappa shape index (κ2) is 7.84. The smallest absolute Gasteiger partial charge is 0.255 e. The number of aromatic amines is 1. The minimum Gasteiger partial charge on any atom is -0.490 e. The Morgan fingerprint density at radius 3 is 2.71 bits per heavy atom. The topological polar surface area (TPSA) is 45.3 Å². The number of nitrogens with zero attached hydrogens (tertiary/aromatic N) is 1. The summed E-state index contributed by atoms with van der Waals surface area (Å²) in [6.07, 6.45) is 7.70. The quantitative estimate of drug-likeness (QED) is 0.879. The number of rotatable bonds is 6. The van der Waals surface area contributed by atoms with Gasteiger partial charge in [0.2, 0.25) is 0 Å². The summed E-state index contributed by atoms with van der Waals surface area (Å²) in [7, 11) is 0. The van der Waals surface area contributed by atoms with Crippen LogP contribution in [0.2, 0.25) is 0 Å². The molecule has 0 spiro atoms. The van der Waals surface area contributed by atoms with Crippen LogP contribution >= 0.6 is 0 Å². The monoisotopic (exact) mass is 328 g/mol. The third-order valence-electron chi connectivity index (χ3n) is 5.01. The molecule has 4 nitrogen and oxygen atoms in total. The van der Waals surface area contributed by atoms with Crippen LogP contribution in [0.5, 0.6) is 5.75 Å². The summed E-state index contributed by atoms with van der Waals surface area (Å²) in [5.41, 5.74) is 1.13. The number of aryl methyl sites for hydroxylation is 1. The molecule has 0 bridgehead atoms. The summed E-state index contributed by atoms with van der Waals surface area (Å²) in [6.45, 7) is 7.80. The van der Waals surface area contributed by atoms with Gasteiger partial charge in [0.05, 0.1) is 0 Å². The number of nitrogens with one attached hydrogen (secondary N) is 1. The highest BCUT2D eigenvalue weighted by Crippen LogP contribution is 2.25. The summed E-state index contributed by atoms with van der Waals surface area (Å²) in [4.78, 5) is 17.3. The highest BCUT2D eigenvalue weighted by atomic mass is 16.5. The van der Waals surface area contributed by atoms with Crippen molar-refractivity contribution in [1.82, 2.24) is 9.88 Å². The molecule has 4 heteroatoms. The van der Waals surface area contributed by atoms with Gasteiger partial charge in [-0.3, -0.25) is 4.79 Å². The number of hydrogen-bond acceptors (Lipinski definition) is 3. The third kappa shape index (κ3) is 3.81. The lowest BCUT2D eigenvalue weighted by Crippen LogP contribution is -2.38. The van der Waals surface area contributed by atoms with Gasteiger partial charge in [-0.25, -0.2) is 0 Å². The summed E-state index contributed by atoms with van der Waals surface area (Å²) in [5, 5.41) is 1.76. The molecule has 0 atom stereocenters. The molecule has 130 valence electrons. The van der Waals surface area contributed by atoms with E-state index in [1.807, 2.05) is 24.4 Å². The van der Waals surface area contributed by atoms with Gasteiger partial charge < -0.3 is 14.6 Å². The van der Waals surface area contributed by atoms with E-state index in [9.17, 15) is 4.79 Å². The zero-order valence-corrected chi connectivity index (χ0v) is 14.8. The van der Waals surface area contributed by atoms with E-state index >= 15 is 0 Å². The molecule has 1 fully saturated rings. The minimum absolute atomic E-state index is 0.0296. The molecule has 2 aromatic rings. The van der Waals surface area contributed by atoms with Crippen molar-refractivity contribution < 1.29 is 4.74 Å². The zero-order chi connectivity index (χ0) is 16.9. The van der Waals surface area contributed by atoms with Crippen LogP contribution in [0, 0.1) is 0 Å². The van der Waals surface area contributed by atoms with Crippen LogP contribution in [0.25, 0.3) is 10.8 Å². The van der Waals surface area contributed by atoms with Gasteiger partial charge in [-0.2, -0.15) is 0 Å². The predicted octanol–water partition coefficient (Wildman–Crippen LogP) is 3.73. The molecular weight excluding hydrogens is 300 g/mol. The molecule has 2 heterocycles. The van der Waals surface area contributed by atoms with Gasteiger partial charge in [0.25, 0.3) is 5.56 Å². The number of hydrogen-bond donors (Lipinski definition) is 1. The first-order valence-corrected chi connectivity index (χ1v) is 9.24. The molecule has 1 saturated heterocycles. The first kappa shape index (κ1) is 17.0. The number of unbranched alkanes of at least 4 members (excludes halogenated alkanes) is 1. The van der Waals surface area contributed by atoms with Gasteiger partial charge in [-0.15, -0.1) is 0 Å². The van der Waals surface area contributed by atoms with Crippen molar-refractivity contribution in [3.63, 3.8) is 0 Å². The number of benzene rings is 1. The summed E-state index contributed by atoms with van der Waals surface area (Å²) in [5.74, 6) is 0.884. The number of fused-ring (bicyclic) bond motifs is 1. The molecule has 1 aliphatic heterocycles. The van der Waals surface area contributed by atoms with Crippen LogP contribution in [-0.4, -0.2) is 35.6 Å². The van der Waals surface area contributed by atoms with Crippen molar-refractivity contribution in [2.24, 2.45) is 0 Å². The fourth-order valence-corrected chi connectivity index (χ4v) is 3.49. The molecule has 1 aromatic heterocycles. The lowest BCUT2D eigenvalue weighted by Gasteiger charge is -2.32. The predicted molar refractivity (Wildman–Crippen MR) is 98.9 cm³/mol. The number of aromatic nitrogens is 1. The Morgan fingerprint density at radius 1 is 1.21 bits per heavy atom. The van der Waals surface area contributed by atoms with Crippen LogP contribution in [0.1, 0.15) is 45.1 Å². The fourth-order valence-electron chi connectivity index (χ4n) is 3.49. The van der Waals surface area contributed by atoms with E-state index in [2.05, 4.69) is 23.7 Å². The molecule has 0 radical (unpaired) electrons. The summed E-state index contributed by atoms with van der Waals surface area (Å²) in [6, 6.07) is 5.85. The molecular formula is C20H28N2O2. The summed E-state index contributed by atoms with van der Waals surface area (Å²) < 4.78 is 6.22. The maximum Gasteiger partial charge on any atom is 0.255 e. The van der Waals surface area contributed by atoms with Gasteiger partial charge in [0.15, 0.2) is 0 Å². The fraction of sp³-hybridized carbons (Fsp3) is 0.550. The molecule has 1 aromatic carbocycles. The van der Waals surface area contributed by atoms with E-state index in [4.69, 9.17) is 4.74 Å². The Hall–Kier alpha value is -1.81. The molecule has 0 unspecified atom stereocenters. The van der Waals surface area contributed by atoms with Crippen LogP contribution < -0.4 is 10.3 Å². The zero-order valence-electron chi connectivity index (χ0n) is 14.8. The number of likely N-dealkylation sites (tertiary alicyclic amines) is 1. The molecule has 0 aliphatic carbocycles. The average molecular weight is 328 g/mol. The van der Waals surface area contributed by atoms with Crippen molar-refractivity contribution in [3.8, 4) is 5.75 Å². The Balaban J connectivity index is 1.69. The van der Waals surface area contributed by atoms with Crippen LogP contribution in [0.3, 0.4) is 0 Å². The lowest BCUT2D eigenvalue weighted by atomic mass is 10.0. The van der Waals surface area contributed by atoms with Crippen molar-refractivity contribution in [1.29, 1.82) is 0 Å². The van der Waals surface area contributed by atoms with Crippen molar-refractivity contribution >= 4 is 10.8 Å². The summed E-state index contributed by atoms with van der Waals surface area (Å²) >= 11 is 0.